The predicted molar refractivity (Wildman–Crippen MR) is 66.6 cm³/mol. The number of rotatable bonds is 1. The van der Waals surface area contributed by atoms with Crippen LogP contribution in [0.2, 0.25) is 0 Å². The Bertz CT molecular complexity index is 591. The molecule has 0 bridgehead atoms. The van der Waals surface area contributed by atoms with Crippen molar-refractivity contribution in [3.63, 3.8) is 0 Å². The first-order valence-corrected chi connectivity index (χ1v) is 6.73. The van der Waals surface area contributed by atoms with E-state index in [2.05, 4.69) is 45.1 Å². The quantitative estimate of drug-likeness (QED) is 0.687. The zero-order valence-corrected chi connectivity index (χ0v) is 11.0. The lowest BCUT2D eigenvalue weighted by Crippen LogP contribution is -1.77. The van der Waals surface area contributed by atoms with Gasteiger partial charge in [-0.2, -0.15) is 0 Å². The third kappa shape index (κ3) is 1.62. The molecule has 3 nitrogen and oxygen atoms in total. The Morgan fingerprint density at radius 1 is 1.33 bits per heavy atom. The van der Waals surface area contributed by atoms with Crippen LogP contribution in [0.5, 0.6) is 0 Å². The van der Waals surface area contributed by atoms with Gasteiger partial charge in [0.2, 0.25) is 4.96 Å². The van der Waals surface area contributed by atoms with Gasteiger partial charge in [-0.3, -0.25) is 0 Å². The second-order valence-electron chi connectivity index (χ2n) is 3.12. The molecule has 3 aromatic rings. The van der Waals surface area contributed by atoms with Gasteiger partial charge in [0.05, 0.1) is 11.1 Å². The lowest BCUT2D eigenvalue weighted by atomic mass is 10.4. The van der Waals surface area contributed by atoms with Crippen molar-refractivity contribution >= 4 is 43.6 Å². The van der Waals surface area contributed by atoms with Crippen molar-refractivity contribution in [1.29, 1.82) is 0 Å². The van der Waals surface area contributed by atoms with Crippen LogP contribution in [0.4, 0.5) is 0 Å². The number of hydrogen-bond acceptors (Lipinski definition) is 4. The van der Waals surface area contributed by atoms with Crippen LogP contribution in [0.25, 0.3) is 15.5 Å². The molecule has 3 rings (SSSR count). The first kappa shape index (κ1) is 9.50. The molecule has 0 radical (unpaired) electrons. The standard InChI is InChI=1S/C9H6BrN3S2/c1-5-2-3-7(14-5)6-4-13-9(11-6)15-8(10)12-13/h2-4H,1H3. The highest BCUT2D eigenvalue weighted by Crippen LogP contribution is 2.29. The van der Waals surface area contributed by atoms with Crippen LogP contribution < -0.4 is 0 Å². The van der Waals surface area contributed by atoms with Crippen molar-refractivity contribution < 1.29 is 0 Å². The van der Waals surface area contributed by atoms with Crippen LogP contribution in [-0.4, -0.2) is 14.6 Å². The minimum absolute atomic E-state index is 0.860. The molecule has 0 amide bonds. The van der Waals surface area contributed by atoms with Crippen molar-refractivity contribution in [1.82, 2.24) is 14.6 Å². The molecule has 0 saturated heterocycles. The van der Waals surface area contributed by atoms with Crippen molar-refractivity contribution in [2.24, 2.45) is 0 Å². The summed E-state index contributed by atoms with van der Waals surface area (Å²) in [7, 11) is 0. The van der Waals surface area contributed by atoms with Crippen LogP contribution in [-0.2, 0) is 0 Å². The molecule has 0 saturated carbocycles. The van der Waals surface area contributed by atoms with Gasteiger partial charge in [0.1, 0.15) is 5.69 Å². The van der Waals surface area contributed by atoms with Gasteiger partial charge in [0.15, 0.2) is 3.92 Å². The molecule has 0 aliphatic heterocycles. The highest BCUT2D eigenvalue weighted by atomic mass is 79.9. The molecule has 76 valence electrons. The Balaban J connectivity index is 2.15. The third-order valence-corrected chi connectivity index (χ3v) is 4.39. The number of thiophene rings is 1. The summed E-state index contributed by atoms with van der Waals surface area (Å²) in [6.45, 7) is 2.10. The second-order valence-corrected chi connectivity index (χ2v) is 6.64. The molecule has 0 aliphatic carbocycles. The zero-order valence-electron chi connectivity index (χ0n) is 7.77. The second kappa shape index (κ2) is 3.40. The topological polar surface area (TPSA) is 30.2 Å². The SMILES string of the molecule is Cc1ccc(-c2cn3nc(Br)sc3n2)s1. The van der Waals surface area contributed by atoms with Crippen molar-refractivity contribution in [3.05, 3.63) is 27.1 Å². The Labute approximate surface area is 103 Å². The van der Waals surface area contributed by atoms with E-state index in [9.17, 15) is 0 Å². The van der Waals surface area contributed by atoms with E-state index in [1.807, 2.05) is 6.20 Å². The first-order chi connectivity index (χ1) is 7.22. The van der Waals surface area contributed by atoms with E-state index in [1.165, 1.54) is 21.1 Å². The number of imidazole rings is 1. The summed E-state index contributed by atoms with van der Waals surface area (Å²) in [6.07, 6.45) is 1.96. The van der Waals surface area contributed by atoms with Crippen LogP contribution >= 0.6 is 38.6 Å². The number of aromatic nitrogens is 3. The normalized spacial score (nSPS) is 11.3. The Hall–Kier alpha value is -0.720. The summed E-state index contributed by atoms with van der Waals surface area (Å²) in [5.41, 5.74) is 0.999. The molecule has 0 aromatic carbocycles. The van der Waals surface area contributed by atoms with Crippen molar-refractivity contribution in [3.8, 4) is 10.6 Å². The molecular formula is C9H6BrN3S2. The molecule has 0 unspecified atom stereocenters. The highest BCUT2D eigenvalue weighted by molar-refractivity contribution is 9.11. The Kier molecular flexibility index (Phi) is 2.15. The van der Waals surface area contributed by atoms with Crippen LogP contribution in [0, 0.1) is 6.92 Å². The minimum Gasteiger partial charge on any atom is -0.217 e. The van der Waals surface area contributed by atoms with Gasteiger partial charge in [0.25, 0.3) is 0 Å². The Morgan fingerprint density at radius 3 is 2.87 bits per heavy atom. The molecule has 0 aliphatic rings. The summed E-state index contributed by atoms with van der Waals surface area (Å²) >= 11 is 6.63. The summed E-state index contributed by atoms with van der Waals surface area (Å²) in [5, 5.41) is 4.26. The van der Waals surface area contributed by atoms with E-state index in [0.717, 1.165) is 14.6 Å². The van der Waals surface area contributed by atoms with Crippen molar-refractivity contribution in [2.75, 3.05) is 0 Å². The molecular weight excluding hydrogens is 294 g/mol. The summed E-state index contributed by atoms with van der Waals surface area (Å²) in [5.74, 6) is 0. The lowest BCUT2D eigenvalue weighted by Gasteiger charge is -1.85. The Morgan fingerprint density at radius 2 is 2.20 bits per heavy atom. The van der Waals surface area contributed by atoms with Gasteiger partial charge in [0, 0.05) is 4.88 Å². The molecule has 15 heavy (non-hydrogen) atoms. The fraction of sp³-hybridized carbons (Fsp3) is 0.111. The molecule has 0 spiro atoms. The molecule has 6 heteroatoms. The van der Waals surface area contributed by atoms with E-state index >= 15 is 0 Å². The van der Waals surface area contributed by atoms with Crippen molar-refractivity contribution in [2.45, 2.75) is 6.92 Å². The third-order valence-electron chi connectivity index (χ3n) is 2.01. The van der Waals surface area contributed by atoms with Gasteiger partial charge in [-0.1, -0.05) is 11.3 Å². The smallest absolute Gasteiger partial charge is 0.213 e. The van der Waals surface area contributed by atoms with Crippen LogP contribution in [0.1, 0.15) is 4.88 Å². The molecule has 3 aromatic heterocycles. The maximum atomic E-state index is 4.52. The average molecular weight is 300 g/mol. The first-order valence-electron chi connectivity index (χ1n) is 4.31. The van der Waals surface area contributed by atoms with Gasteiger partial charge in [-0.25, -0.2) is 9.50 Å². The highest BCUT2D eigenvalue weighted by Gasteiger charge is 2.09. The van der Waals surface area contributed by atoms with Gasteiger partial charge >= 0.3 is 0 Å². The number of nitrogens with zero attached hydrogens (tertiary/aromatic N) is 3. The summed E-state index contributed by atoms with van der Waals surface area (Å²) in [6, 6.07) is 4.21. The summed E-state index contributed by atoms with van der Waals surface area (Å²) < 4.78 is 2.66. The molecule has 0 fully saturated rings. The van der Waals surface area contributed by atoms with Crippen LogP contribution in [0.3, 0.4) is 0 Å². The minimum atomic E-state index is 0.860. The largest absolute Gasteiger partial charge is 0.217 e. The van der Waals surface area contributed by atoms with E-state index in [4.69, 9.17) is 0 Å². The monoisotopic (exact) mass is 299 g/mol. The molecule has 0 N–H and O–H groups in total. The van der Waals surface area contributed by atoms with E-state index in [-0.39, 0.29) is 0 Å². The van der Waals surface area contributed by atoms with Crippen LogP contribution in [0.15, 0.2) is 22.2 Å². The van der Waals surface area contributed by atoms with Gasteiger partial charge < -0.3 is 0 Å². The lowest BCUT2D eigenvalue weighted by molar-refractivity contribution is 0.959. The summed E-state index contributed by atoms with van der Waals surface area (Å²) in [4.78, 5) is 7.93. The van der Waals surface area contributed by atoms with E-state index < -0.39 is 0 Å². The number of fused-ring (bicyclic) bond motifs is 1. The number of aryl methyl sites for hydroxylation is 1. The van der Waals surface area contributed by atoms with Gasteiger partial charge in [-0.05, 0) is 35.0 Å². The number of hydrogen-bond donors (Lipinski definition) is 0. The van der Waals surface area contributed by atoms with E-state index in [1.54, 1.807) is 15.9 Å². The maximum absolute atomic E-state index is 4.52. The van der Waals surface area contributed by atoms with E-state index in [0.29, 0.717) is 0 Å². The molecule has 0 atom stereocenters. The fourth-order valence-corrected chi connectivity index (χ4v) is 3.40. The maximum Gasteiger partial charge on any atom is 0.213 e. The number of halogens is 1. The average Bonchev–Trinajstić information content (AvgIpc) is 2.78. The zero-order chi connectivity index (χ0) is 10.4. The molecule has 3 heterocycles. The predicted octanol–water partition coefficient (Wildman–Crippen LogP) is 3.59. The van der Waals surface area contributed by atoms with Gasteiger partial charge in [-0.15, -0.1) is 16.4 Å². The fourth-order valence-electron chi connectivity index (χ4n) is 1.37.